The number of carbonyl (C=O) groups is 1. The Kier molecular flexibility index (Phi) is 7.86. The van der Waals surface area contributed by atoms with Crippen molar-refractivity contribution in [1.82, 2.24) is 0 Å². The Hall–Kier alpha value is -1.40. The van der Waals surface area contributed by atoms with E-state index in [0.717, 1.165) is 44.2 Å². The van der Waals surface area contributed by atoms with Gasteiger partial charge in [0, 0.05) is 5.92 Å². The Bertz CT molecular complexity index is 557. The summed E-state index contributed by atoms with van der Waals surface area (Å²) in [5, 5.41) is 33.7. The number of oxime groups is 1. The molecule has 0 bridgehead atoms. The van der Waals surface area contributed by atoms with Crippen LogP contribution in [-0.4, -0.2) is 45.8 Å². The van der Waals surface area contributed by atoms with E-state index >= 15 is 0 Å². The van der Waals surface area contributed by atoms with Gasteiger partial charge in [0.1, 0.15) is 6.61 Å². The average Bonchev–Trinajstić information content (AvgIpc) is 3.11. The minimum absolute atomic E-state index is 0.0262. The topological polar surface area (TPSA) is 99.4 Å². The number of aliphatic hydroxyl groups excluding tert-OH is 2. The van der Waals surface area contributed by atoms with Crippen LogP contribution in [0.5, 0.6) is 0 Å². The molecule has 6 heteroatoms. The summed E-state index contributed by atoms with van der Waals surface area (Å²) < 4.78 is 0. The molecule has 0 heterocycles. The SMILES string of the molecule is CCCCC(C)(C)C(O)C=C[C@H]1[C@@H]2C/C(=N/OCCC(=O)O)C[C@H]2C[C@@H]1O. The molecular formula is C21H35NO5. The summed E-state index contributed by atoms with van der Waals surface area (Å²) >= 11 is 0. The van der Waals surface area contributed by atoms with Gasteiger partial charge in [-0.3, -0.25) is 4.79 Å². The quantitative estimate of drug-likeness (QED) is 0.306. The first-order chi connectivity index (χ1) is 12.7. The number of nitrogens with zero attached hydrogens (tertiary/aromatic N) is 1. The van der Waals surface area contributed by atoms with Crippen molar-refractivity contribution in [3.05, 3.63) is 12.2 Å². The predicted molar refractivity (Wildman–Crippen MR) is 104 cm³/mol. The molecule has 0 saturated heterocycles. The van der Waals surface area contributed by atoms with Crippen LogP contribution in [0.4, 0.5) is 0 Å². The third kappa shape index (κ3) is 6.04. The molecular weight excluding hydrogens is 346 g/mol. The van der Waals surface area contributed by atoms with Crippen molar-refractivity contribution in [2.24, 2.45) is 28.3 Å². The van der Waals surface area contributed by atoms with E-state index in [0.29, 0.717) is 11.8 Å². The third-order valence-electron chi connectivity index (χ3n) is 6.15. The van der Waals surface area contributed by atoms with Crippen molar-refractivity contribution < 1.29 is 25.0 Å². The molecule has 6 nitrogen and oxygen atoms in total. The number of aliphatic carboxylic acids is 1. The molecule has 1 unspecified atom stereocenters. The van der Waals surface area contributed by atoms with E-state index in [1.807, 2.05) is 12.2 Å². The number of carboxylic acids is 1. The molecule has 2 aliphatic carbocycles. The molecule has 154 valence electrons. The highest BCUT2D eigenvalue weighted by Gasteiger charge is 2.46. The zero-order valence-corrected chi connectivity index (χ0v) is 16.8. The molecule has 2 saturated carbocycles. The fraction of sp³-hybridized carbons (Fsp3) is 0.810. The number of aliphatic hydroxyl groups is 2. The van der Waals surface area contributed by atoms with Crippen LogP contribution in [0.15, 0.2) is 17.3 Å². The molecule has 0 aromatic carbocycles. The zero-order valence-electron chi connectivity index (χ0n) is 16.8. The van der Waals surface area contributed by atoms with Crippen LogP contribution in [0.25, 0.3) is 0 Å². The van der Waals surface area contributed by atoms with Crippen molar-refractivity contribution >= 4 is 11.7 Å². The largest absolute Gasteiger partial charge is 0.481 e. The first kappa shape index (κ1) is 21.9. The maximum absolute atomic E-state index is 10.6. The number of rotatable bonds is 10. The number of carboxylic acid groups (broad SMARTS) is 1. The van der Waals surface area contributed by atoms with Crippen LogP contribution in [0.3, 0.4) is 0 Å². The van der Waals surface area contributed by atoms with Gasteiger partial charge in [-0.2, -0.15) is 0 Å². The van der Waals surface area contributed by atoms with Crippen molar-refractivity contribution in [2.75, 3.05) is 6.61 Å². The summed E-state index contributed by atoms with van der Waals surface area (Å²) in [4.78, 5) is 15.6. The van der Waals surface area contributed by atoms with Crippen LogP contribution in [-0.2, 0) is 9.63 Å². The minimum Gasteiger partial charge on any atom is -0.481 e. The minimum atomic E-state index is -0.896. The molecule has 5 atom stereocenters. The lowest BCUT2D eigenvalue weighted by molar-refractivity contribution is -0.138. The standard InChI is InChI=1S/C21H35NO5/c1-4-5-9-21(2,3)19(24)7-6-16-17-13-15(11-14(17)12-18(16)23)22-27-10-8-20(25)26/h6-7,14,16-19,23-24H,4-5,8-13H2,1-3H3,(H,25,26)/b7-6?,22-15+/t14-,16-,17+,18-,19?/m0/s1. The van der Waals surface area contributed by atoms with Crippen molar-refractivity contribution in [3.63, 3.8) is 0 Å². The van der Waals surface area contributed by atoms with Crippen molar-refractivity contribution in [1.29, 1.82) is 0 Å². The lowest BCUT2D eigenvalue weighted by atomic mass is 9.80. The van der Waals surface area contributed by atoms with Crippen LogP contribution in [0, 0.1) is 23.2 Å². The number of unbranched alkanes of at least 4 members (excludes halogenated alkanes) is 1. The Morgan fingerprint density at radius 3 is 2.81 bits per heavy atom. The Labute approximate surface area is 162 Å². The second-order valence-corrected chi connectivity index (χ2v) is 8.77. The van der Waals surface area contributed by atoms with Gasteiger partial charge >= 0.3 is 5.97 Å². The zero-order chi connectivity index (χ0) is 20.0. The fourth-order valence-corrected chi connectivity index (χ4v) is 4.33. The molecule has 0 radical (unpaired) electrons. The second-order valence-electron chi connectivity index (χ2n) is 8.77. The third-order valence-corrected chi connectivity index (χ3v) is 6.15. The molecule has 3 N–H and O–H groups in total. The first-order valence-electron chi connectivity index (χ1n) is 10.2. The van der Waals surface area contributed by atoms with Gasteiger partial charge in [-0.25, -0.2) is 0 Å². The van der Waals surface area contributed by atoms with Crippen LogP contribution < -0.4 is 0 Å². The normalized spacial score (nSPS) is 30.8. The van der Waals surface area contributed by atoms with E-state index in [2.05, 4.69) is 25.9 Å². The van der Waals surface area contributed by atoms with E-state index in [4.69, 9.17) is 9.94 Å². The van der Waals surface area contributed by atoms with Gasteiger partial charge in [-0.05, 0) is 42.9 Å². The van der Waals surface area contributed by atoms with Crippen LogP contribution in [0.1, 0.15) is 65.7 Å². The second kappa shape index (κ2) is 9.69. The van der Waals surface area contributed by atoms with Crippen molar-refractivity contribution in [2.45, 2.75) is 77.9 Å². The number of hydrogen-bond acceptors (Lipinski definition) is 5. The van der Waals surface area contributed by atoms with Crippen LogP contribution in [0.2, 0.25) is 0 Å². The van der Waals surface area contributed by atoms with Gasteiger partial charge in [-0.15, -0.1) is 0 Å². The van der Waals surface area contributed by atoms with E-state index < -0.39 is 12.1 Å². The summed E-state index contributed by atoms with van der Waals surface area (Å²) in [5.41, 5.74) is 0.778. The highest BCUT2D eigenvalue weighted by molar-refractivity contribution is 5.86. The molecule has 0 aliphatic heterocycles. The lowest BCUT2D eigenvalue weighted by Gasteiger charge is -2.29. The summed E-state index contributed by atoms with van der Waals surface area (Å²) in [5.74, 6) is -0.184. The van der Waals surface area contributed by atoms with Gasteiger partial charge in [-0.1, -0.05) is 50.9 Å². The van der Waals surface area contributed by atoms with Crippen molar-refractivity contribution in [3.8, 4) is 0 Å². The van der Waals surface area contributed by atoms with E-state index in [1.54, 1.807) is 0 Å². The molecule has 0 amide bonds. The monoisotopic (exact) mass is 381 g/mol. The number of hydrogen-bond donors (Lipinski definition) is 3. The maximum atomic E-state index is 10.6. The average molecular weight is 382 g/mol. The summed E-state index contributed by atoms with van der Waals surface area (Å²) in [6.07, 6.45) is 8.38. The first-order valence-corrected chi connectivity index (χ1v) is 10.2. The Morgan fingerprint density at radius 1 is 1.41 bits per heavy atom. The summed E-state index contributed by atoms with van der Waals surface area (Å²) in [6, 6.07) is 0. The molecule has 0 spiro atoms. The fourth-order valence-electron chi connectivity index (χ4n) is 4.33. The Morgan fingerprint density at radius 2 is 2.15 bits per heavy atom. The smallest absolute Gasteiger partial charge is 0.306 e. The highest BCUT2D eigenvalue weighted by atomic mass is 16.6. The molecule has 2 rings (SSSR count). The lowest BCUT2D eigenvalue weighted by Crippen LogP contribution is -2.28. The molecule has 2 fully saturated rings. The molecule has 2 aliphatic rings. The molecule has 27 heavy (non-hydrogen) atoms. The predicted octanol–water partition coefficient (Wildman–Crippen LogP) is 3.37. The van der Waals surface area contributed by atoms with Gasteiger partial charge < -0.3 is 20.2 Å². The summed E-state index contributed by atoms with van der Waals surface area (Å²) in [6.45, 7) is 6.40. The van der Waals surface area contributed by atoms with Gasteiger partial charge in [0.05, 0.1) is 24.3 Å². The van der Waals surface area contributed by atoms with Gasteiger partial charge in [0.15, 0.2) is 0 Å². The molecule has 0 aromatic rings. The van der Waals surface area contributed by atoms with Crippen LogP contribution >= 0.6 is 0 Å². The van der Waals surface area contributed by atoms with E-state index in [1.165, 1.54) is 0 Å². The molecule has 0 aromatic heterocycles. The van der Waals surface area contributed by atoms with Gasteiger partial charge in [0.25, 0.3) is 0 Å². The van der Waals surface area contributed by atoms with Gasteiger partial charge in [0.2, 0.25) is 0 Å². The maximum Gasteiger partial charge on any atom is 0.306 e. The van der Waals surface area contributed by atoms with E-state index in [-0.39, 0.29) is 30.5 Å². The van der Waals surface area contributed by atoms with E-state index in [9.17, 15) is 15.0 Å². The Balaban J connectivity index is 1.92. The highest BCUT2D eigenvalue weighted by Crippen LogP contribution is 2.47. The number of fused-ring (bicyclic) bond motifs is 1. The summed E-state index contributed by atoms with van der Waals surface area (Å²) in [7, 11) is 0.